The lowest BCUT2D eigenvalue weighted by Gasteiger charge is -2.43. The molecule has 0 spiro atoms. The molecular formula is C30H47N5O6. The molecule has 1 fully saturated rings. The Labute approximate surface area is 243 Å². The number of unbranched alkanes of at least 4 members (excludes halogenated alkanes) is 1. The molecule has 1 unspecified atom stereocenters. The van der Waals surface area contributed by atoms with Crippen molar-refractivity contribution in [3.63, 3.8) is 0 Å². The predicted molar refractivity (Wildman–Crippen MR) is 156 cm³/mol. The standard InChI is InChI=1S/C30H47N5O6/c1-21(2)18-35(28(37)26-31-24-13-9-10-14-25(24)34(26)15-11-12-16-39-7)23-17-22(27(36)32(6)40-8)19-33(20-23)29(38)41-30(3,4)5/h9-10,13-14,21-23H,11-12,15-20H2,1-8H3/t22?,23-/m0/s1. The number of hydrogen-bond donors (Lipinski definition) is 0. The lowest BCUT2D eigenvalue weighted by Crippen LogP contribution is -2.58. The largest absolute Gasteiger partial charge is 0.444 e. The second-order valence-corrected chi connectivity index (χ2v) is 12.1. The number of hydroxylamine groups is 2. The van der Waals surface area contributed by atoms with Gasteiger partial charge in [0.05, 0.1) is 30.1 Å². The summed E-state index contributed by atoms with van der Waals surface area (Å²) in [5, 5.41) is 1.17. The Balaban J connectivity index is 2.01. The van der Waals surface area contributed by atoms with E-state index in [-0.39, 0.29) is 30.8 Å². The van der Waals surface area contributed by atoms with Gasteiger partial charge < -0.3 is 23.8 Å². The Hall–Kier alpha value is -3.18. The molecular weight excluding hydrogens is 526 g/mol. The Kier molecular flexibility index (Phi) is 11.1. The van der Waals surface area contributed by atoms with Gasteiger partial charge in [0, 0.05) is 46.9 Å². The van der Waals surface area contributed by atoms with E-state index in [2.05, 4.69) is 0 Å². The molecule has 3 rings (SSSR count). The highest BCUT2D eigenvalue weighted by Crippen LogP contribution is 2.28. The van der Waals surface area contributed by atoms with Gasteiger partial charge in [0.15, 0.2) is 5.82 Å². The van der Waals surface area contributed by atoms with E-state index in [0.29, 0.717) is 31.9 Å². The molecule has 0 saturated carbocycles. The van der Waals surface area contributed by atoms with E-state index in [9.17, 15) is 14.4 Å². The van der Waals surface area contributed by atoms with Crippen LogP contribution in [0.1, 0.15) is 64.5 Å². The number of carbonyl (C=O) groups excluding carboxylic acids is 3. The molecule has 0 aliphatic carbocycles. The molecule has 3 amide bonds. The van der Waals surface area contributed by atoms with Gasteiger partial charge in [-0.2, -0.15) is 0 Å². The molecule has 1 saturated heterocycles. The summed E-state index contributed by atoms with van der Waals surface area (Å²) >= 11 is 0. The zero-order valence-corrected chi connectivity index (χ0v) is 25.9. The second kappa shape index (κ2) is 14.1. The van der Waals surface area contributed by atoms with Crippen molar-refractivity contribution in [1.82, 2.24) is 24.4 Å². The van der Waals surface area contributed by atoms with Gasteiger partial charge >= 0.3 is 6.09 Å². The molecule has 0 N–H and O–H groups in total. The van der Waals surface area contributed by atoms with Crippen LogP contribution in [0.2, 0.25) is 0 Å². The summed E-state index contributed by atoms with van der Waals surface area (Å²) in [5.74, 6) is -0.541. The van der Waals surface area contributed by atoms with Crippen molar-refractivity contribution in [3.8, 4) is 0 Å². The highest BCUT2D eigenvalue weighted by Gasteiger charge is 2.41. The summed E-state index contributed by atoms with van der Waals surface area (Å²) in [6.45, 7) is 11.6. The number of amides is 3. The first-order valence-electron chi connectivity index (χ1n) is 14.4. The Morgan fingerprint density at radius 1 is 1.10 bits per heavy atom. The monoisotopic (exact) mass is 573 g/mol. The lowest BCUT2D eigenvalue weighted by molar-refractivity contribution is -0.175. The summed E-state index contributed by atoms with van der Waals surface area (Å²) < 4.78 is 12.9. The number of piperidine rings is 1. The van der Waals surface area contributed by atoms with Crippen LogP contribution in [-0.2, 0) is 25.7 Å². The molecule has 0 radical (unpaired) electrons. The van der Waals surface area contributed by atoms with Crippen molar-refractivity contribution in [2.24, 2.45) is 11.8 Å². The summed E-state index contributed by atoms with van der Waals surface area (Å²) in [4.78, 5) is 54.1. The predicted octanol–water partition coefficient (Wildman–Crippen LogP) is 4.21. The molecule has 11 nitrogen and oxygen atoms in total. The minimum absolute atomic E-state index is 0.145. The number of para-hydroxylation sites is 2. The number of rotatable bonds is 11. The molecule has 2 aromatic rings. The van der Waals surface area contributed by atoms with Crippen molar-refractivity contribution in [3.05, 3.63) is 30.1 Å². The number of hydrogen-bond acceptors (Lipinski definition) is 7. The van der Waals surface area contributed by atoms with Crippen molar-refractivity contribution in [2.45, 2.75) is 72.1 Å². The molecule has 1 aromatic heterocycles. The first-order chi connectivity index (χ1) is 19.4. The van der Waals surface area contributed by atoms with Gasteiger partial charge in [0.1, 0.15) is 5.60 Å². The fourth-order valence-electron chi connectivity index (χ4n) is 5.20. The molecule has 228 valence electrons. The number of benzene rings is 1. The fourth-order valence-corrected chi connectivity index (χ4v) is 5.20. The van der Waals surface area contributed by atoms with E-state index in [1.807, 2.05) is 42.7 Å². The van der Waals surface area contributed by atoms with Crippen LogP contribution in [0.5, 0.6) is 0 Å². The van der Waals surface area contributed by atoms with Crippen LogP contribution in [0, 0.1) is 11.8 Å². The van der Waals surface area contributed by atoms with Gasteiger partial charge in [-0.15, -0.1) is 0 Å². The zero-order valence-electron chi connectivity index (χ0n) is 25.9. The fraction of sp³-hybridized carbons (Fsp3) is 0.667. The smallest absolute Gasteiger partial charge is 0.410 e. The summed E-state index contributed by atoms with van der Waals surface area (Å²) in [7, 11) is 4.65. The summed E-state index contributed by atoms with van der Waals surface area (Å²) in [5.41, 5.74) is 0.945. The maximum absolute atomic E-state index is 14.4. The van der Waals surface area contributed by atoms with Gasteiger partial charge in [-0.05, 0) is 58.1 Å². The molecule has 11 heteroatoms. The quantitative estimate of drug-likeness (QED) is 0.293. The summed E-state index contributed by atoms with van der Waals surface area (Å²) in [6, 6.07) is 7.31. The number of likely N-dealkylation sites (tertiary alicyclic amines) is 1. The maximum Gasteiger partial charge on any atom is 0.410 e. The van der Waals surface area contributed by atoms with E-state index in [1.165, 1.54) is 12.2 Å². The van der Waals surface area contributed by atoms with Gasteiger partial charge in [-0.25, -0.2) is 14.8 Å². The van der Waals surface area contributed by atoms with Crippen LogP contribution in [0.4, 0.5) is 4.79 Å². The molecule has 1 aliphatic rings. The molecule has 1 aliphatic heterocycles. The van der Waals surface area contributed by atoms with Gasteiger partial charge in [-0.3, -0.25) is 14.4 Å². The third-order valence-electron chi connectivity index (χ3n) is 7.10. The van der Waals surface area contributed by atoms with Crippen molar-refractivity contribution < 1.29 is 28.7 Å². The van der Waals surface area contributed by atoms with Crippen LogP contribution in [0.15, 0.2) is 24.3 Å². The van der Waals surface area contributed by atoms with E-state index < -0.39 is 23.7 Å². The Bertz CT molecular complexity index is 1190. The van der Waals surface area contributed by atoms with E-state index in [4.69, 9.17) is 19.3 Å². The third-order valence-corrected chi connectivity index (χ3v) is 7.10. The molecule has 2 atom stereocenters. The van der Waals surface area contributed by atoms with Crippen LogP contribution < -0.4 is 0 Å². The Morgan fingerprint density at radius 3 is 2.44 bits per heavy atom. The van der Waals surface area contributed by atoms with Crippen molar-refractivity contribution in [1.29, 1.82) is 0 Å². The third kappa shape index (κ3) is 8.42. The molecule has 41 heavy (non-hydrogen) atoms. The average Bonchev–Trinajstić information content (AvgIpc) is 3.30. The minimum Gasteiger partial charge on any atom is -0.444 e. The number of nitrogens with zero attached hydrogens (tertiary/aromatic N) is 5. The minimum atomic E-state index is -0.700. The first-order valence-corrected chi connectivity index (χ1v) is 14.4. The number of methoxy groups -OCH3 is 1. The normalized spacial score (nSPS) is 17.6. The van der Waals surface area contributed by atoms with Crippen LogP contribution in [0.3, 0.4) is 0 Å². The molecule has 0 bridgehead atoms. The van der Waals surface area contributed by atoms with Gasteiger partial charge in [0.25, 0.3) is 11.8 Å². The lowest BCUT2D eigenvalue weighted by atomic mass is 9.91. The highest BCUT2D eigenvalue weighted by atomic mass is 16.7. The average molecular weight is 574 g/mol. The van der Waals surface area contributed by atoms with Crippen molar-refractivity contribution >= 4 is 28.9 Å². The number of carbonyl (C=O) groups is 3. The number of aryl methyl sites for hydroxylation is 1. The first kappa shape index (κ1) is 32.3. The van der Waals surface area contributed by atoms with E-state index in [1.54, 1.807) is 44.7 Å². The molecule has 1 aromatic carbocycles. The number of ether oxygens (including phenoxy) is 2. The van der Waals surface area contributed by atoms with Gasteiger partial charge in [-0.1, -0.05) is 26.0 Å². The highest BCUT2D eigenvalue weighted by molar-refractivity contribution is 5.95. The van der Waals surface area contributed by atoms with Crippen LogP contribution in [0.25, 0.3) is 11.0 Å². The van der Waals surface area contributed by atoms with Crippen LogP contribution >= 0.6 is 0 Å². The second-order valence-electron chi connectivity index (χ2n) is 12.1. The van der Waals surface area contributed by atoms with Gasteiger partial charge in [0.2, 0.25) is 0 Å². The zero-order chi connectivity index (χ0) is 30.3. The summed E-state index contributed by atoms with van der Waals surface area (Å²) in [6.07, 6.45) is 1.56. The van der Waals surface area contributed by atoms with E-state index >= 15 is 0 Å². The number of aromatic nitrogens is 2. The Morgan fingerprint density at radius 2 is 1.80 bits per heavy atom. The topological polar surface area (TPSA) is 106 Å². The van der Waals surface area contributed by atoms with Crippen molar-refractivity contribution in [2.75, 3.05) is 47.5 Å². The number of imidazole rings is 1. The number of fused-ring (bicyclic) bond motifs is 1. The maximum atomic E-state index is 14.4. The molecule has 2 heterocycles. The SMILES string of the molecule is COCCCCn1c(C(=O)N(CC(C)C)[C@H]2CC(C(=O)N(C)OC)CN(C(=O)OC(C)(C)C)C2)nc2ccccc21. The van der Waals surface area contributed by atoms with Crippen LogP contribution in [-0.4, -0.2) is 101 Å². The van der Waals surface area contributed by atoms with E-state index in [0.717, 1.165) is 23.9 Å².